The fourth-order valence-corrected chi connectivity index (χ4v) is 2.84. The van der Waals surface area contributed by atoms with Gasteiger partial charge in [-0.25, -0.2) is 0 Å². The molecule has 1 aromatic carbocycles. The molecule has 5 nitrogen and oxygen atoms in total. The smallest absolute Gasteiger partial charge is 0.473 e. The van der Waals surface area contributed by atoms with Gasteiger partial charge in [0.05, 0.1) is 0 Å². The summed E-state index contributed by atoms with van der Waals surface area (Å²) < 4.78 is 283. The number of esters is 1. The van der Waals surface area contributed by atoms with Gasteiger partial charge in [0.2, 0.25) is 0 Å². The predicted molar refractivity (Wildman–Crippen MR) is 98.1 cm³/mol. The van der Waals surface area contributed by atoms with E-state index in [0.717, 1.165) is 6.07 Å². The van der Waals surface area contributed by atoms with Crippen LogP contribution in [0.5, 0.6) is 11.5 Å². The van der Waals surface area contributed by atoms with Gasteiger partial charge in [-0.05, 0) is 24.1 Å². The monoisotopic (exact) mass is 715 g/mol. The number of halogens is 21. The normalized spacial score (nSPS) is 16.0. The maximum absolute atomic E-state index is 13.9. The summed E-state index contributed by atoms with van der Waals surface area (Å²) in [5.74, 6) is -77.0. The van der Waals surface area contributed by atoms with Crippen molar-refractivity contribution >= 4 is 5.97 Å². The van der Waals surface area contributed by atoms with Crippen LogP contribution in [0, 0.1) is 0 Å². The number of hydrogen-bond donors (Lipinski definition) is 3. The molecule has 0 fully saturated rings. The standard InChI is InChI=1S/C19H10F21NO4/c20-10(21,12(24,25)14(28,29)16(32,33)18(36,37)38)11(22,23)13(26,27)15(30,31)17(34,35)19(39,40)45-9(44)6(41)3-5-1-2-7(42)8(43)4-5/h1-2,4,6,42-43H,3,41H2. The maximum atomic E-state index is 13.9. The molecule has 1 rings (SSSR count). The summed E-state index contributed by atoms with van der Waals surface area (Å²) in [5, 5.41) is 18.3. The van der Waals surface area contributed by atoms with Crippen LogP contribution in [0.3, 0.4) is 0 Å². The Labute approximate surface area is 232 Å². The lowest BCUT2D eigenvalue weighted by Gasteiger charge is -2.44. The molecule has 0 aliphatic heterocycles. The van der Waals surface area contributed by atoms with E-state index < -0.39 is 95.2 Å². The zero-order chi connectivity index (χ0) is 36.4. The van der Waals surface area contributed by atoms with Crippen molar-refractivity contribution in [3.05, 3.63) is 23.8 Å². The minimum atomic E-state index is -9.33. The first-order valence-corrected chi connectivity index (χ1v) is 10.4. The zero-order valence-corrected chi connectivity index (χ0v) is 20.2. The van der Waals surface area contributed by atoms with Crippen molar-refractivity contribution in [2.24, 2.45) is 5.73 Å². The van der Waals surface area contributed by atoms with Crippen LogP contribution < -0.4 is 5.73 Å². The molecule has 4 N–H and O–H groups in total. The van der Waals surface area contributed by atoms with E-state index in [0.29, 0.717) is 12.1 Å². The number of phenols is 2. The van der Waals surface area contributed by atoms with Crippen LogP contribution in [0.2, 0.25) is 0 Å². The van der Waals surface area contributed by atoms with Crippen molar-refractivity contribution in [3.63, 3.8) is 0 Å². The molecule has 0 aliphatic rings. The average molecular weight is 715 g/mol. The Morgan fingerprint density at radius 2 is 0.911 bits per heavy atom. The number of carbonyl (C=O) groups is 1. The zero-order valence-electron chi connectivity index (χ0n) is 20.2. The van der Waals surface area contributed by atoms with Crippen molar-refractivity contribution < 1.29 is 112 Å². The summed E-state index contributed by atoms with van der Waals surface area (Å²) in [6.07, 6.45) is -16.9. The van der Waals surface area contributed by atoms with Gasteiger partial charge in [0.15, 0.2) is 11.5 Å². The van der Waals surface area contributed by atoms with E-state index in [9.17, 15) is 102 Å². The first-order valence-electron chi connectivity index (χ1n) is 10.4. The molecule has 0 amide bonds. The fraction of sp³-hybridized carbons (Fsp3) is 0.632. The number of nitrogens with two attached hydrogens (primary N) is 1. The van der Waals surface area contributed by atoms with Gasteiger partial charge in [-0.2, -0.15) is 92.2 Å². The van der Waals surface area contributed by atoms with Crippen LogP contribution in [0.4, 0.5) is 92.2 Å². The Morgan fingerprint density at radius 3 is 1.24 bits per heavy atom. The number of ether oxygens (including phenoxy) is 1. The molecule has 0 heterocycles. The summed E-state index contributed by atoms with van der Waals surface area (Å²) in [4.78, 5) is 11.6. The number of phenolic OH excluding ortho intramolecular Hbond substituents is 2. The third-order valence-corrected chi connectivity index (χ3v) is 5.51. The molecular formula is C19H10F21NO4. The number of carbonyl (C=O) groups excluding carboxylic acids is 1. The highest BCUT2D eigenvalue weighted by Crippen LogP contribution is 2.66. The second-order valence-electron chi connectivity index (χ2n) is 8.66. The molecule has 0 spiro atoms. The highest BCUT2D eigenvalue weighted by molar-refractivity contribution is 5.76. The number of rotatable bonds is 12. The summed E-state index contributed by atoms with van der Waals surface area (Å²) in [6, 6.07) is -0.939. The highest BCUT2D eigenvalue weighted by Gasteiger charge is 2.98. The van der Waals surface area contributed by atoms with Gasteiger partial charge in [-0.15, -0.1) is 0 Å². The number of alkyl halides is 21. The Hall–Kier alpha value is -3.22. The van der Waals surface area contributed by atoms with Crippen LogP contribution >= 0.6 is 0 Å². The van der Waals surface area contributed by atoms with Crippen LogP contribution in [0.15, 0.2) is 18.2 Å². The van der Waals surface area contributed by atoms with Gasteiger partial charge >= 0.3 is 65.6 Å². The summed E-state index contributed by atoms with van der Waals surface area (Å²) >= 11 is 0. The largest absolute Gasteiger partial charge is 0.504 e. The SMILES string of the molecule is NC(Cc1ccc(O)c(O)c1)C(=O)OC(F)(F)C(F)(F)C(F)(F)C(F)(F)C(F)(F)C(F)(F)C(F)(F)C(F)(F)C(F)(F)C(F)(F)F. The highest BCUT2D eigenvalue weighted by atomic mass is 19.4. The number of hydrogen-bond acceptors (Lipinski definition) is 5. The van der Waals surface area contributed by atoms with Crippen molar-refractivity contribution in [2.75, 3.05) is 0 Å². The van der Waals surface area contributed by atoms with Crippen molar-refractivity contribution in [2.45, 2.75) is 72.1 Å². The lowest BCUT2D eigenvalue weighted by atomic mass is 9.87. The minimum absolute atomic E-state index is 0.489. The summed E-state index contributed by atoms with van der Waals surface area (Å²) in [6.45, 7) is 0. The van der Waals surface area contributed by atoms with E-state index in [1.807, 2.05) is 0 Å². The molecule has 0 saturated carbocycles. The lowest BCUT2D eigenvalue weighted by molar-refractivity contribution is -0.482. The summed E-state index contributed by atoms with van der Waals surface area (Å²) in [5.41, 5.74) is 4.43. The molecule has 0 radical (unpaired) electrons. The number of benzene rings is 1. The third-order valence-electron chi connectivity index (χ3n) is 5.51. The Bertz CT molecular complexity index is 1260. The Morgan fingerprint density at radius 1 is 0.578 bits per heavy atom. The minimum Gasteiger partial charge on any atom is -0.504 e. The van der Waals surface area contributed by atoms with E-state index in [1.54, 1.807) is 0 Å². The van der Waals surface area contributed by atoms with Crippen molar-refractivity contribution in [1.82, 2.24) is 0 Å². The Kier molecular flexibility index (Phi) is 9.68. The van der Waals surface area contributed by atoms with Gasteiger partial charge in [0, 0.05) is 0 Å². The van der Waals surface area contributed by atoms with Crippen molar-refractivity contribution in [3.8, 4) is 11.5 Å². The van der Waals surface area contributed by atoms with E-state index in [2.05, 4.69) is 4.74 Å². The molecule has 1 unspecified atom stereocenters. The van der Waals surface area contributed by atoms with Crippen LogP contribution in [0.25, 0.3) is 0 Å². The average Bonchev–Trinajstić information content (AvgIpc) is 2.84. The van der Waals surface area contributed by atoms with Gasteiger partial charge < -0.3 is 20.7 Å². The second-order valence-corrected chi connectivity index (χ2v) is 8.66. The maximum Gasteiger partial charge on any atom is 0.473 e. The first-order chi connectivity index (χ1) is 19.4. The van der Waals surface area contributed by atoms with Crippen molar-refractivity contribution in [1.29, 1.82) is 0 Å². The lowest BCUT2D eigenvalue weighted by Crippen LogP contribution is -2.77. The molecule has 0 aromatic heterocycles. The second kappa shape index (κ2) is 10.9. The first kappa shape index (κ1) is 39.8. The molecular weight excluding hydrogens is 705 g/mol. The van der Waals surface area contributed by atoms with E-state index in [1.165, 1.54) is 0 Å². The quantitative estimate of drug-likeness (QED) is 0.127. The molecule has 45 heavy (non-hydrogen) atoms. The van der Waals surface area contributed by atoms with E-state index in [-0.39, 0.29) is 0 Å². The van der Waals surface area contributed by atoms with Crippen LogP contribution in [-0.2, 0) is 16.0 Å². The van der Waals surface area contributed by atoms with Gasteiger partial charge in [0.25, 0.3) is 0 Å². The number of aromatic hydroxyl groups is 2. The Balaban J connectivity index is 3.56. The molecule has 0 saturated heterocycles. The molecule has 0 aliphatic carbocycles. The third kappa shape index (κ3) is 5.69. The van der Waals surface area contributed by atoms with Gasteiger partial charge in [-0.3, -0.25) is 4.79 Å². The molecule has 26 heteroatoms. The molecule has 262 valence electrons. The van der Waals surface area contributed by atoms with Crippen LogP contribution in [0.1, 0.15) is 5.56 Å². The molecule has 0 bridgehead atoms. The topological polar surface area (TPSA) is 92.8 Å². The van der Waals surface area contributed by atoms with Gasteiger partial charge in [-0.1, -0.05) is 6.07 Å². The fourth-order valence-electron chi connectivity index (χ4n) is 2.84. The van der Waals surface area contributed by atoms with E-state index >= 15 is 0 Å². The van der Waals surface area contributed by atoms with Crippen LogP contribution in [-0.4, -0.2) is 81.9 Å². The molecule has 1 atom stereocenters. The van der Waals surface area contributed by atoms with E-state index in [4.69, 9.17) is 10.8 Å². The summed E-state index contributed by atoms with van der Waals surface area (Å²) in [7, 11) is 0. The molecule has 1 aromatic rings. The van der Waals surface area contributed by atoms with Gasteiger partial charge in [0.1, 0.15) is 6.04 Å². The predicted octanol–water partition coefficient (Wildman–Crippen LogP) is 6.75.